The molecule has 1 fully saturated rings. The Morgan fingerprint density at radius 2 is 1.72 bits per heavy atom. The van der Waals surface area contributed by atoms with E-state index in [1.165, 1.54) is 6.08 Å². The van der Waals surface area contributed by atoms with Gasteiger partial charge in [-0.1, -0.05) is 50.1 Å². The molecule has 0 bridgehead atoms. The van der Waals surface area contributed by atoms with Gasteiger partial charge in [-0.05, 0) is 18.8 Å². The molecule has 0 radical (unpaired) electrons. The third-order valence-electron chi connectivity index (χ3n) is 4.64. The first-order valence-electron chi connectivity index (χ1n) is 9.08. The fourth-order valence-electron chi connectivity index (χ4n) is 3.26. The lowest BCUT2D eigenvalue weighted by atomic mass is 9.88. The van der Waals surface area contributed by atoms with Crippen LogP contribution in [0.5, 0.6) is 0 Å². The van der Waals surface area contributed by atoms with E-state index in [9.17, 15) is 19.8 Å². The predicted molar refractivity (Wildman–Crippen MR) is 97.0 cm³/mol. The minimum atomic E-state index is -1.01. The Kier molecular flexibility index (Phi) is 10.0. The molecule has 1 saturated carbocycles. The van der Waals surface area contributed by atoms with E-state index in [1.807, 2.05) is 6.08 Å². The Morgan fingerprint density at radius 1 is 1.00 bits per heavy atom. The third kappa shape index (κ3) is 8.27. The van der Waals surface area contributed by atoms with E-state index >= 15 is 0 Å². The number of allylic oxidation sites excluding steroid dienone is 4. The number of aliphatic carboxylic acids is 1. The molecule has 4 atom stereocenters. The Balaban J connectivity index is 2.52. The Hall–Kier alpha value is -1.72. The van der Waals surface area contributed by atoms with E-state index in [0.29, 0.717) is 25.7 Å². The summed E-state index contributed by atoms with van der Waals surface area (Å²) in [5.41, 5.74) is 0. The summed E-state index contributed by atoms with van der Waals surface area (Å²) in [7, 11) is 0. The average molecular weight is 350 g/mol. The average Bonchev–Trinajstić information content (AvgIpc) is 2.82. The number of aliphatic hydroxyl groups is 2. The van der Waals surface area contributed by atoms with Crippen LogP contribution < -0.4 is 0 Å². The lowest BCUT2D eigenvalue weighted by Crippen LogP contribution is -2.21. The summed E-state index contributed by atoms with van der Waals surface area (Å²) in [5.74, 6) is -1.09. The summed E-state index contributed by atoms with van der Waals surface area (Å²) in [6.45, 7) is 2.10. The highest BCUT2D eigenvalue weighted by Gasteiger charge is 2.39. The number of carbonyl (C=O) groups excluding carboxylic acids is 1. The first-order chi connectivity index (χ1) is 12.0. The number of unbranched alkanes of at least 4 members (excludes halogenated alkanes) is 2. The zero-order valence-electron chi connectivity index (χ0n) is 14.9. The Bertz CT molecular complexity index is 506. The highest BCUT2D eigenvalue weighted by molar-refractivity contribution is 5.80. The number of aliphatic hydroxyl groups excluding tert-OH is 2. The van der Waals surface area contributed by atoms with Gasteiger partial charge in [0.25, 0.3) is 0 Å². The van der Waals surface area contributed by atoms with Gasteiger partial charge in [-0.2, -0.15) is 0 Å². The Labute approximate surface area is 149 Å². The minimum Gasteiger partial charge on any atom is -0.478 e. The lowest BCUT2D eigenvalue weighted by molar-refractivity contribution is -0.131. The first kappa shape index (κ1) is 21.3. The molecule has 140 valence electrons. The van der Waals surface area contributed by atoms with Gasteiger partial charge >= 0.3 is 5.97 Å². The first-order valence-corrected chi connectivity index (χ1v) is 9.08. The molecule has 1 rings (SSSR count). The highest BCUT2D eigenvalue weighted by Crippen LogP contribution is 2.36. The molecule has 0 aromatic rings. The zero-order valence-corrected chi connectivity index (χ0v) is 14.9. The van der Waals surface area contributed by atoms with Crippen LogP contribution >= 0.6 is 0 Å². The molecule has 0 aromatic carbocycles. The van der Waals surface area contributed by atoms with Crippen molar-refractivity contribution in [3.05, 3.63) is 36.5 Å². The van der Waals surface area contributed by atoms with Crippen LogP contribution in [-0.2, 0) is 9.59 Å². The van der Waals surface area contributed by atoms with E-state index in [4.69, 9.17) is 5.11 Å². The molecule has 3 N–H and O–H groups in total. The van der Waals surface area contributed by atoms with E-state index in [2.05, 4.69) is 6.92 Å². The normalized spacial score (nSPS) is 27.0. The summed E-state index contributed by atoms with van der Waals surface area (Å²) in [6.07, 6.45) is 13.1. The summed E-state index contributed by atoms with van der Waals surface area (Å²) < 4.78 is 0. The van der Waals surface area contributed by atoms with E-state index in [0.717, 1.165) is 25.3 Å². The Morgan fingerprint density at radius 3 is 2.40 bits per heavy atom. The fraction of sp³-hybridized carbons (Fsp3) is 0.600. The molecule has 0 spiro atoms. The topological polar surface area (TPSA) is 94.8 Å². The molecule has 0 heterocycles. The maximum absolute atomic E-state index is 11.9. The maximum Gasteiger partial charge on any atom is 0.328 e. The monoisotopic (exact) mass is 350 g/mol. The van der Waals surface area contributed by atoms with Crippen molar-refractivity contribution in [2.75, 3.05) is 0 Å². The van der Waals surface area contributed by atoms with Crippen molar-refractivity contribution in [3.8, 4) is 0 Å². The highest BCUT2D eigenvalue weighted by atomic mass is 16.4. The van der Waals surface area contributed by atoms with Crippen LogP contribution in [0.4, 0.5) is 0 Å². The van der Waals surface area contributed by atoms with E-state index < -0.39 is 18.2 Å². The molecule has 5 heteroatoms. The second-order valence-corrected chi connectivity index (χ2v) is 6.61. The molecule has 0 aromatic heterocycles. The second-order valence-electron chi connectivity index (χ2n) is 6.61. The van der Waals surface area contributed by atoms with Gasteiger partial charge in [0.2, 0.25) is 0 Å². The number of ketones is 1. The van der Waals surface area contributed by atoms with Crippen molar-refractivity contribution >= 4 is 11.8 Å². The quantitative estimate of drug-likeness (QED) is 0.302. The van der Waals surface area contributed by atoms with Crippen molar-refractivity contribution in [3.63, 3.8) is 0 Å². The van der Waals surface area contributed by atoms with Crippen LogP contribution in [0.3, 0.4) is 0 Å². The predicted octanol–water partition coefficient (Wildman–Crippen LogP) is 3.03. The largest absolute Gasteiger partial charge is 0.478 e. The molecule has 0 unspecified atom stereocenters. The van der Waals surface area contributed by atoms with Gasteiger partial charge in [0.15, 0.2) is 0 Å². The van der Waals surface area contributed by atoms with Crippen LogP contribution in [0.25, 0.3) is 0 Å². The summed E-state index contributed by atoms with van der Waals surface area (Å²) in [6, 6.07) is 0. The molecular weight excluding hydrogens is 320 g/mol. The SMILES string of the molecule is CCCCCC(=O)CC[C@H]1[C@@H](C=CC=CC=CC(=O)O)[C@H](O)C[C@@H]1O. The van der Waals surface area contributed by atoms with Crippen molar-refractivity contribution in [1.29, 1.82) is 0 Å². The number of carboxylic acid groups (broad SMARTS) is 1. The van der Waals surface area contributed by atoms with Gasteiger partial charge in [0, 0.05) is 31.3 Å². The number of hydrogen-bond acceptors (Lipinski definition) is 4. The number of hydrogen-bond donors (Lipinski definition) is 3. The molecule has 0 aliphatic heterocycles. The molecule has 0 amide bonds. The molecular formula is C20H30O5. The van der Waals surface area contributed by atoms with Crippen LogP contribution in [0.15, 0.2) is 36.5 Å². The van der Waals surface area contributed by atoms with Gasteiger partial charge in [-0.3, -0.25) is 4.79 Å². The van der Waals surface area contributed by atoms with Crippen molar-refractivity contribution in [2.24, 2.45) is 11.8 Å². The summed E-state index contributed by atoms with van der Waals surface area (Å²) >= 11 is 0. The number of carboxylic acids is 1. The van der Waals surface area contributed by atoms with Gasteiger partial charge < -0.3 is 15.3 Å². The van der Waals surface area contributed by atoms with Crippen LogP contribution in [0.2, 0.25) is 0 Å². The van der Waals surface area contributed by atoms with E-state index in [-0.39, 0.29) is 17.6 Å². The molecule has 1 aliphatic carbocycles. The summed E-state index contributed by atoms with van der Waals surface area (Å²) in [5, 5.41) is 28.8. The van der Waals surface area contributed by atoms with Crippen LogP contribution in [0.1, 0.15) is 51.9 Å². The van der Waals surface area contributed by atoms with Crippen molar-refractivity contribution < 1.29 is 24.9 Å². The third-order valence-corrected chi connectivity index (χ3v) is 4.64. The maximum atomic E-state index is 11.9. The standard InChI is InChI=1S/C20H30O5/c1-2-3-6-9-15(21)12-13-17-16(18(22)14-19(17)23)10-7-4-5-8-11-20(24)25/h4-5,7-8,10-11,16-19,22-23H,2-3,6,9,12-14H2,1H3,(H,24,25)/t16-,17+,18-,19+/m1/s1. The van der Waals surface area contributed by atoms with Crippen molar-refractivity contribution in [1.82, 2.24) is 0 Å². The molecule has 1 aliphatic rings. The van der Waals surface area contributed by atoms with Gasteiger partial charge in [-0.15, -0.1) is 0 Å². The van der Waals surface area contributed by atoms with Gasteiger partial charge in [0.1, 0.15) is 5.78 Å². The van der Waals surface area contributed by atoms with Gasteiger partial charge in [-0.25, -0.2) is 4.79 Å². The van der Waals surface area contributed by atoms with E-state index in [1.54, 1.807) is 18.2 Å². The smallest absolute Gasteiger partial charge is 0.328 e. The molecule has 25 heavy (non-hydrogen) atoms. The minimum absolute atomic E-state index is 0.121. The molecule has 5 nitrogen and oxygen atoms in total. The lowest BCUT2D eigenvalue weighted by Gasteiger charge is -2.20. The number of Topliss-reactive ketones (excluding diaryl/α,β-unsaturated/α-hetero) is 1. The number of rotatable bonds is 11. The summed E-state index contributed by atoms with van der Waals surface area (Å²) in [4.78, 5) is 22.3. The van der Waals surface area contributed by atoms with Gasteiger partial charge in [0.05, 0.1) is 12.2 Å². The van der Waals surface area contributed by atoms with Crippen molar-refractivity contribution in [2.45, 2.75) is 64.1 Å². The van der Waals surface area contributed by atoms with Crippen LogP contribution in [0, 0.1) is 11.8 Å². The fourth-order valence-corrected chi connectivity index (χ4v) is 3.26. The van der Waals surface area contributed by atoms with Crippen LogP contribution in [-0.4, -0.2) is 39.3 Å². The second kappa shape index (κ2) is 11.8. The number of carbonyl (C=O) groups is 2. The zero-order chi connectivity index (χ0) is 18.7. The molecule has 0 saturated heterocycles.